The largest absolute Gasteiger partial charge is 0.493 e. The van der Waals surface area contributed by atoms with E-state index in [2.05, 4.69) is 19.2 Å². The van der Waals surface area contributed by atoms with Gasteiger partial charge in [-0.05, 0) is 18.1 Å². The van der Waals surface area contributed by atoms with Gasteiger partial charge in [-0.15, -0.1) is 0 Å². The predicted molar refractivity (Wildman–Crippen MR) is 72.2 cm³/mol. The minimum absolute atomic E-state index is 0.117. The smallest absolute Gasteiger partial charge is 0.161 e. The molecule has 1 aromatic carbocycles. The summed E-state index contributed by atoms with van der Waals surface area (Å²) in [4.78, 5) is 0. The first kappa shape index (κ1) is 14.8. The number of rotatable bonds is 8. The summed E-state index contributed by atoms with van der Waals surface area (Å²) in [6, 6.07) is 7.69. The topological polar surface area (TPSA) is 50.7 Å². The summed E-state index contributed by atoms with van der Waals surface area (Å²) >= 11 is 0. The maximum absolute atomic E-state index is 9.17. The molecular formula is C14H23NO3. The van der Waals surface area contributed by atoms with Crippen LogP contribution in [-0.4, -0.2) is 38.0 Å². The van der Waals surface area contributed by atoms with Crippen LogP contribution >= 0.6 is 0 Å². The van der Waals surface area contributed by atoms with Crippen molar-refractivity contribution in [2.45, 2.75) is 19.9 Å². The molecule has 0 radical (unpaired) electrons. The van der Waals surface area contributed by atoms with Gasteiger partial charge in [0, 0.05) is 12.6 Å². The molecule has 0 bridgehead atoms. The molecule has 0 saturated heterocycles. The predicted octanol–water partition coefficient (Wildman–Crippen LogP) is 1.68. The fourth-order valence-electron chi connectivity index (χ4n) is 1.65. The summed E-state index contributed by atoms with van der Waals surface area (Å²) < 4.78 is 10.8. The summed E-state index contributed by atoms with van der Waals surface area (Å²) in [5, 5.41) is 12.4. The summed E-state index contributed by atoms with van der Waals surface area (Å²) in [6.45, 7) is 5.54. The third-order valence-corrected chi connectivity index (χ3v) is 2.84. The van der Waals surface area contributed by atoms with Gasteiger partial charge in [0.25, 0.3) is 0 Å². The average molecular weight is 253 g/mol. The van der Waals surface area contributed by atoms with Crippen molar-refractivity contribution in [3.63, 3.8) is 0 Å². The van der Waals surface area contributed by atoms with E-state index in [0.29, 0.717) is 19.1 Å². The number of aliphatic hydroxyl groups is 1. The molecule has 4 nitrogen and oxygen atoms in total. The minimum atomic E-state index is 0.117. The number of aliphatic hydroxyl groups excluding tert-OH is 1. The van der Waals surface area contributed by atoms with Gasteiger partial charge in [0.15, 0.2) is 11.5 Å². The van der Waals surface area contributed by atoms with Gasteiger partial charge in [-0.2, -0.15) is 0 Å². The lowest BCUT2D eigenvalue weighted by atomic mass is 10.1. The summed E-state index contributed by atoms with van der Waals surface area (Å²) in [7, 11) is 1.63. The van der Waals surface area contributed by atoms with Crippen LogP contribution in [-0.2, 0) is 0 Å². The molecule has 0 aromatic heterocycles. The fraction of sp³-hybridized carbons (Fsp3) is 0.571. The quantitative estimate of drug-likeness (QED) is 0.692. The molecule has 18 heavy (non-hydrogen) atoms. The molecule has 0 spiro atoms. The van der Waals surface area contributed by atoms with E-state index < -0.39 is 0 Å². The van der Waals surface area contributed by atoms with Gasteiger partial charge in [0.05, 0.1) is 13.7 Å². The van der Waals surface area contributed by atoms with Crippen LogP contribution in [0.1, 0.15) is 13.8 Å². The van der Waals surface area contributed by atoms with Gasteiger partial charge in [0.1, 0.15) is 6.61 Å². The second-order valence-corrected chi connectivity index (χ2v) is 4.49. The van der Waals surface area contributed by atoms with Crippen molar-refractivity contribution in [3.05, 3.63) is 24.3 Å². The zero-order valence-corrected chi connectivity index (χ0v) is 11.3. The third-order valence-electron chi connectivity index (χ3n) is 2.84. The Balaban J connectivity index is 2.33. The van der Waals surface area contributed by atoms with E-state index in [1.807, 2.05) is 24.3 Å². The molecule has 0 fully saturated rings. The van der Waals surface area contributed by atoms with Gasteiger partial charge in [-0.25, -0.2) is 0 Å². The Morgan fingerprint density at radius 2 is 1.89 bits per heavy atom. The summed E-state index contributed by atoms with van der Waals surface area (Å²) in [5.74, 6) is 1.88. The lowest BCUT2D eigenvalue weighted by Gasteiger charge is -2.20. The van der Waals surface area contributed by atoms with Crippen molar-refractivity contribution in [1.82, 2.24) is 5.32 Å². The minimum Gasteiger partial charge on any atom is -0.493 e. The molecule has 2 N–H and O–H groups in total. The molecule has 0 aliphatic rings. The third kappa shape index (κ3) is 4.55. The molecule has 0 amide bonds. The highest BCUT2D eigenvalue weighted by Crippen LogP contribution is 2.25. The van der Waals surface area contributed by atoms with Crippen LogP contribution in [0, 0.1) is 5.92 Å². The summed E-state index contributed by atoms with van der Waals surface area (Å²) in [6.07, 6.45) is 0. The van der Waals surface area contributed by atoms with Crippen LogP contribution in [0.2, 0.25) is 0 Å². The zero-order chi connectivity index (χ0) is 13.4. The lowest BCUT2D eigenvalue weighted by molar-refractivity contribution is 0.201. The van der Waals surface area contributed by atoms with E-state index in [4.69, 9.17) is 9.47 Å². The van der Waals surface area contributed by atoms with E-state index in [0.717, 1.165) is 11.5 Å². The maximum atomic E-state index is 9.17. The van der Waals surface area contributed by atoms with Crippen LogP contribution in [0.15, 0.2) is 24.3 Å². The molecule has 1 atom stereocenters. The van der Waals surface area contributed by atoms with Crippen LogP contribution in [0.4, 0.5) is 0 Å². The maximum Gasteiger partial charge on any atom is 0.161 e. The Morgan fingerprint density at radius 3 is 2.44 bits per heavy atom. The Hall–Kier alpha value is -1.26. The molecule has 0 aliphatic carbocycles. The number of hydrogen-bond donors (Lipinski definition) is 2. The first-order chi connectivity index (χ1) is 8.69. The number of ether oxygens (including phenoxy) is 2. The summed E-state index contributed by atoms with van der Waals surface area (Å²) in [5.41, 5.74) is 0. The monoisotopic (exact) mass is 253 g/mol. The number of para-hydroxylation sites is 2. The van der Waals surface area contributed by atoms with E-state index >= 15 is 0 Å². The van der Waals surface area contributed by atoms with Gasteiger partial charge >= 0.3 is 0 Å². The second-order valence-electron chi connectivity index (χ2n) is 4.49. The molecule has 0 unspecified atom stereocenters. The molecule has 0 aliphatic heterocycles. The Bertz CT molecular complexity index is 342. The van der Waals surface area contributed by atoms with Crippen molar-refractivity contribution in [2.24, 2.45) is 5.92 Å². The number of methoxy groups -OCH3 is 1. The fourth-order valence-corrected chi connectivity index (χ4v) is 1.65. The van der Waals surface area contributed by atoms with Crippen molar-refractivity contribution in [1.29, 1.82) is 0 Å². The average Bonchev–Trinajstić information content (AvgIpc) is 2.38. The normalized spacial score (nSPS) is 12.5. The number of hydrogen-bond acceptors (Lipinski definition) is 4. The number of nitrogens with one attached hydrogen (secondary N) is 1. The molecule has 102 valence electrons. The van der Waals surface area contributed by atoms with Crippen molar-refractivity contribution in [3.8, 4) is 11.5 Å². The highest BCUT2D eigenvalue weighted by atomic mass is 16.5. The highest BCUT2D eigenvalue weighted by molar-refractivity contribution is 5.39. The molecular weight excluding hydrogens is 230 g/mol. The van der Waals surface area contributed by atoms with Crippen LogP contribution in [0.25, 0.3) is 0 Å². The highest BCUT2D eigenvalue weighted by Gasteiger charge is 2.10. The van der Waals surface area contributed by atoms with Gasteiger partial charge < -0.3 is 19.9 Å². The molecule has 1 aromatic rings. The van der Waals surface area contributed by atoms with E-state index in [9.17, 15) is 5.11 Å². The van der Waals surface area contributed by atoms with Crippen molar-refractivity contribution < 1.29 is 14.6 Å². The van der Waals surface area contributed by atoms with E-state index in [1.54, 1.807) is 7.11 Å². The van der Waals surface area contributed by atoms with Gasteiger partial charge in [-0.3, -0.25) is 0 Å². The number of benzene rings is 1. The molecule has 0 heterocycles. The molecule has 0 saturated carbocycles. The SMILES string of the molecule is COc1ccccc1OCCN[C@H](CO)C(C)C. The Labute approximate surface area is 109 Å². The molecule has 1 rings (SSSR count). The zero-order valence-electron chi connectivity index (χ0n) is 11.3. The Morgan fingerprint density at radius 1 is 1.22 bits per heavy atom. The lowest BCUT2D eigenvalue weighted by Crippen LogP contribution is -2.39. The molecule has 4 heteroatoms. The van der Waals surface area contributed by atoms with Crippen LogP contribution in [0.3, 0.4) is 0 Å². The Kier molecular flexibility index (Phi) is 6.54. The van der Waals surface area contributed by atoms with Crippen molar-refractivity contribution >= 4 is 0 Å². The van der Waals surface area contributed by atoms with Crippen LogP contribution in [0.5, 0.6) is 11.5 Å². The van der Waals surface area contributed by atoms with Gasteiger partial charge in [0.2, 0.25) is 0 Å². The van der Waals surface area contributed by atoms with E-state index in [1.165, 1.54) is 0 Å². The standard InChI is InChI=1S/C14H23NO3/c1-11(2)12(10-16)15-8-9-18-14-7-5-4-6-13(14)17-3/h4-7,11-12,15-16H,8-10H2,1-3H3/t12-/m1/s1. The van der Waals surface area contributed by atoms with Crippen LogP contribution < -0.4 is 14.8 Å². The first-order valence-corrected chi connectivity index (χ1v) is 6.29. The van der Waals surface area contributed by atoms with Gasteiger partial charge in [-0.1, -0.05) is 26.0 Å². The van der Waals surface area contributed by atoms with Crippen molar-refractivity contribution in [2.75, 3.05) is 26.9 Å². The van der Waals surface area contributed by atoms with E-state index in [-0.39, 0.29) is 12.6 Å². The first-order valence-electron chi connectivity index (χ1n) is 6.29. The second kappa shape index (κ2) is 7.95.